The molecule has 160 valence electrons. The number of benzene rings is 1. The highest BCUT2D eigenvalue weighted by Crippen LogP contribution is 2.25. The Kier molecular flexibility index (Phi) is 6.74. The molecule has 29 heavy (non-hydrogen) atoms. The number of amides is 2. The van der Waals surface area contributed by atoms with Crippen LogP contribution in [0.4, 0.5) is 10.1 Å². The van der Waals surface area contributed by atoms with E-state index in [1.807, 2.05) is 24.8 Å². The van der Waals surface area contributed by atoms with Crippen LogP contribution in [0.3, 0.4) is 0 Å². The quantitative estimate of drug-likeness (QED) is 0.804. The summed E-state index contributed by atoms with van der Waals surface area (Å²) >= 11 is 0. The van der Waals surface area contributed by atoms with Crippen molar-refractivity contribution in [2.24, 2.45) is 0 Å². The number of morpholine rings is 1. The maximum absolute atomic E-state index is 14.7. The Hall–Kier alpha value is -2.19. The zero-order valence-electron chi connectivity index (χ0n) is 17.5. The van der Waals surface area contributed by atoms with Crippen LogP contribution in [0, 0.1) is 5.82 Å². The number of methoxy groups -OCH3 is 1. The number of rotatable bonds is 5. The van der Waals surface area contributed by atoms with E-state index >= 15 is 0 Å². The molecule has 7 nitrogen and oxygen atoms in total. The normalized spacial score (nSPS) is 27.2. The van der Waals surface area contributed by atoms with E-state index in [4.69, 9.17) is 9.47 Å². The molecule has 2 amide bonds. The van der Waals surface area contributed by atoms with Crippen molar-refractivity contribution in [1.82, 2.24) is 10.2 Å². The second-order valence-corrected chi connectivity index (χ2v) is 7.95. The first kappa shape index (κ1) is 21.5. The third-order valence-corrected chi connectivity index (χ3v) is 5.54. The fourth-order valence-electron chi connectivity index (χ4n) is 4.16. The predicted octanol–water partition coefficient (Wildman–Crippen LogP) is 1.69. The largest absolute Gasteiger partial charge is 0.380 e. The summed E-state index contributed by atoms with van der Waals surface area (Å²) in [5, 5.41) is 2.82. The van der Waals surface area contributed by atoms with Crippen molar-refractivity contribution in [3.8, 4) is 0 Å². The Balaban J connectivity index is 1.61. The molecule has 2 fully saturated rings. The molecule has 0 aromatic heterocycles. The molecular formula is C21H30FN3O4. The maximum atomic E-state index is 14.7. The zero-order valence-corrected chi connectivity index (χ0v) is 17.5. The maximum Gasteiger partial charge on any atom is 0.243 e. The number of ether oxygens (including phenoxy) is 2. The van der Waals surface area contributed by atoms with E-state index < -0.39 is 6.04 Å². The molecule has 1 aromatic rings. The molecule has 0 radical (unpaired) electrons. The van der Waals surface area contributed by atoms with Crippen LogP contribution in [0.1, 0.15) is 32.8 Å². The monoisotopic (exact) mass is 407 g/mol. The van der Waals surface area contributed by atoms with Crippen LogP contribution in [0.5, 0.6) is 0 Å². The molecule has 0 bridgehead atoms. The summed E-state index contributed by atoms with van der Waals surface area (Å²) in [6.45, 7) is 7.29. The molecule has 2 aliphatic rings. The topological polar surface area (TPSA) is 71.1 Å². The van der Waals surface area contributed by atoms with Crippen LogP contribution >= 0.6 is 0 Å². The SMILES string of the molecule is CO[C@H]1C[C@H](C(=O)NCc2ccc(N3C[C@H](C)O[C@@H](C)C3)c(F)c2)N(C(C)=O)C1. The first-order valence-electron chi connectivity index (χ1n) is 10.0. The fraction of sp³-hybridized carbons (Fsp3) is 0.619. The number of nitrogens with zero attached hydrogens (tertiary/aromatic N) is 2. The van der Waals surface area contributed by atoms with Gasteiger partial charge in [-0.3, -0.25) is 9.59 Å². The number of likely N-dealkylation sites (tertiary alicyclic amines) is 1. The number of hydrogen-bond acceptors (Lipinski definition) is 5. The summed E-state index contributed by atoms with van der Waals surface area (Å²) in [4.78, 5) is 27.9. The van der Waals surface area contributed by atoms with Crippen molar-refractivity contribution >= 4 is 17.5 Å². The standard InChI is InChI=1S/C21H30FN3O4/c1-13-10-24(11-14(2)29-13)19-6-5-16(7-18(19)22)9-23-21(27)20-8-17(28-4)12-25(20)15(3)26/h5-7,13-14,17,20H,8-12H2,1-4H3,(H,23,27)/t13-,14-,17-,20+/m0/s1. The second-order valence-electron chi connectivity index (χ2n) is 7.95. The van der Waals surface area contributed by atoms with Gasteiger partial charge in [0.05, 0.1) is 24.0 Å². The Morgan fingerprint density at radius 3 is 2.52 bits per heavy atom. The average Bonchev–Trinajstić information content (AvgIpc) is 3.10. The molecule has 3 rings (SSSR count). The van der Waals surface area contributed by atoms with Gasteiger partial charge >= 0.3 is 0 Å². The van der Waals surface area contributed by atoms with Gasteiger partial charge in [0.1, 0.15) is 11.9 Å². The Labute approximate surface area is 171 Å². The van der Waals surface area contributed by atoms with E-state index in [2.05, 4.69) is 5.32 Å². The smallest absolute Gasteiger partial charge is 0.243 e. The molecule has 2 saturated heterocycles. The number of anilines is 1. The van der Waals surface area contributed by atoms with E-state index in [9.17, 15) is 14.0 Å². The van der Waals surface area contributed by atoms with Crippen molar-refractivity contribution < 1.29 is 23.5 Å². The van der Waals surface area contributed by atoms with Gasteiger partial charge in [-0.1, -0.05) is 6.07 Å². The van der Waals surface area contributed by atoms with Crippen molar-refractivity contribution in [3.63, 3.8) is 0 Å². The number of halogens is 1. The molecule has 1 N–H and O–H groups in total. The van der Waals surface area contributed by atoms with Gasteiger partial charge in [0.2, 0.25) is 11.8 Å². The molecule has 0 spiro atoms. The minimum atomic E-state index is -0.558. The fourth-order valence-corrected chi connectivity index (χ4v) is 4.16. The average molecular weight is 407 g/mol. The summed E-state index contributed by atoms with van der Waals surface area (Å²) in [7, 11) is 1.57. The minimum absolute atomic E-state index is 0.0451. The Morgan fingerprint density at radius 2 is 1.93 bits per heavy atom. The third-order valence-electron chi connectivity index (χ3n) is 5.54. The van der Waals surface area contributed by atoms with Crippen LogP contribution in [0.15, 0.2) is 18.2 Å². The van der Waals surface area contributed by atoms with Gasteiger partial charge in [0, 0.05) is 46.6 Å². The summed E-state index contributed by atoms with van der Waals surface area (Å²) in [5.74, 6) is -0.724. The van der Waals surface area contributed by atoms with Gasteiger partial charge in [-0.25, -0.2) is 4.39 Å². The second kappa shape index (κ2) is 9.09. The van der Waals surface area contributed by atoms with Crippen molar-refractivity contribution in [2.75, 3.05) is 31.6 Å². The van der Waals surface area contributed by atoms with E-state index in [1.165, 1.54) is 17.9 Å². The lowest BCUT2D eigenvalue weighted by molar-refractivity contribution is -0.137. The molecular weight excluding hydrogens is 377 g/mol. The highest BCUT2D eigenvalue weighted by Gasteiger charge is 2.38. The van der Waals surface area contributed by atoms with Crippen LogP contribution in [0.25, 0.3) is 0 Å². The highest BCUT2D eigenvalue weighted by molar-refractivity contribution is 5.87. The number of carbonyl (C=O) groups excluding carboxylic acids is 2. The number of nitrogens with one attached hydrogen (secondary N) is 1. The predicted molar refractivity (Wildman–Crippen MR) is 107 cm³/mol. The Bertz CT molecular complexity index is 749. The van der Waals surface area contributed by atoms with Gasteiger partial charge in [-0.2, -0.15) is 0 Å². The van der Waals surface area contributed by atoms with Gasteiger partial charge in [0.15, 0.2) is 0 Å². The summed E-state index contributed by atoms with van der Waals surface area (Å²) in [6.07, 6.45) is 0.403. The lowest BCUT2D eigenvalue weighted by Crippen LogP contribution is -2.46. The lowest BCUT2D eigenvalue weighted by Gasteiger charge is -2.37. The van der Waals surface area contributed by atoms with Gasteiger partial charge < -0.3 is 24.6 Å². The first-order valence-corrected chi connectivity index (χ1v) is 10.0. The van der Waals surface area contributed by atoms with Gasteiger partial charge in [0.25, 0.3) is 0 Å². The molecule has 4 atom stereocenters. The third kappa shape index (κ3) is 5.05. The van der Waals surface area contributed by atoms with Crippen LogP contribution in [0.2, 0.25) is 0 Å². The highest BCUT2D eigenvalue weighted by atomic mass is 19.1. The first-order chi connectivity index (χ1) is 13.8. The molecule has 2 aliphatic heterocycles. The lowest BCUT2D eigenvalue weighted by atomic mass is 10.1. The van der Waals surface area contributed by atoms with Gasteiger partial charge in [-0.15, -0.1) is 0 Å². The van der Waals surface area contributed by atoms with E-state index in [0.29, 0.717) is 37.3 Å². The summed E-state index contributed by atoms with van der Waals surface area (Å²) in [5.41, 5.74) is 1.22. The Morgan fingerprint density at radius 1 is 1.24 bits per heavy atom. The van der Waals surface area contributed by atoms with E-state index in [0.717, 1.165) is 0 Å². The van der Waals surface area contributed by atoms with Crippen molar-refractivity contribution in [1.29, 1.82) is 0 Å². The number of carbonyl (C=O) groups is 2. The minimum Gasteiger partial charge on any atom is -0.380 e. The molecule has 8 heteroatoms. The van der Waals surface area contributed by atoms with Crippen molar-refractivity contribution in [2.45, 2.75) is 58.1 Å². The molecule has 0 saturated carbocycles. The molecule has 0 aliphatic carbocycles. The number of hydrogen-bond donors (Lipinski definition) is 1. The summed E-state index contributed by atoms with van der Waals surface area (Å²) in [6, 6.07) is 4.46. The van der Waals surface area contributed by atoms with E-state index in [1.54, 1.807) is 13.2 Å². The van der Waals surface area contributed by atoms with Crippen LogP contribution < -0.4 is 10.2 Å². The van der Waals surface area contributed by atoms with Gasteiger partial charge in [-0.05, 0) is 31.5 Å². The molecule has 1 aromatic carbocycles. The van der Waals surface area contributed by atoms with Crippen molar-refractivity contribution in [3.05, 3.63) is 29.6 Å². The molecule has 2 heterocycles. The zero-order chi connectivity index (χ0) is 21.1. The van der Waals surface area contributed by atoms with Crippen LogP contribution in [-0.4, -0.2) is 67.8 Å². The molecule has 0 unspecified atom stereocenters. The van der Waals surface area contributed by atoms with E-state index in [-0.39, 0.29) is 42.5 Å². The summed E-state index contributed by atoms with van der Waals surface area (Å²) < 4.78 is 25.7. The van der Waals surface area contributed by atoms with Crippen LogP contribution in [-0.2, 0) is 25.6 Å².